The third-order valence-corrected chi connectivity index (χ3v) is 13.5. The normalized spacial score (nSPS) is 24.2. The van der Waals surface area contributed by atoms with Gasteiger partial charge in [0.25, 0.3) is 0 Å². The molecule has 57 heavy (non-hydrogen) atoms. The standard InChI is InChI=1S/C47H85NO9/c1-3-5-7-9-11-13-17-35-54-43(55-36-18-14-12-10-8-6-4-2)25-23-41(50)52-37-29-47(27-32-48(33-28-47)31-15-16-34-49)30-38-53-42(51)24-26-44-56-45-39-19-20-40(22-21-39)46(45)57-44/h39-40,43-46,49H,3-38H2,1-2H3. The highest BCUT2D eigenvalue weighted by atomic mass is 16.7. The predicted octanol–water partition coefficient (Wildman–Crippen LogP) is 10.1. The first kappa shape index (κ1) is 48.4. The van der Waals surface area contributed by atoms with Crippen LogP contribution in [0.1, 0.15) is 194 Å². The Bertz CT molecular complexity index is 1000. The number of esters is 2. The third kappa shape index (κ3) is 18.9. The van der Waals surface area contributed by atoms with Crippen molar-refractivity contribution in [1.82, 2.24) is 4.90 Å². The number of nitrogens with zero attached hydrogens (tertiary/aromatic N) is 1. The van der Waals surface area contributed by atoms with Crippen LogP contribution in [0.25, 0.3) is 0 Å². The predicted molar refractivity (Wildman–Crippen MR) is 225 cm³/mol. The van der Waals surface area contributed by atoms with Crippen molar-refractivity contribution in [3.8, 4) is 0 Å². The Labute approximate surface area is 347 Å². The maximum atomic E-state index is 13.0. The molecule has 10 nitrogen and oxygen atoms in total. The van der Waals surface area contributed by atoms with Gasteiger partial charge in [-0.15, -0.1) is 0 Å². The van der Waals surface area contributed by atoms with E-state index in [4.69, 9.17) is 28.4 Å². The van der Waals surface area contributed by atoms with Crippen LogP contribution in [-0.2, 0) is 38.0 Å². The average molecular weight is 808 g/mol. The van der Waals surface area contributed by atoms with Crippen LogP contribution in [0.4, 0.5) is 0 Å². The zero-order chi connectivity index (χ0) is 40.4. The number of piperidine rings is 1. The van der Waals surface area contributed by atoms with Gasteiger partial charge < -0.3 is 38.4 Å². The third-order valence-electron chi connectivity index (χ3n) is 13.5. The van der Waals surface area contributed by atoms with E-state index in [0.29, 0.717) is 57.5 Å². The highest BCUT2D eigenvalue weighted by molar-refractivity contribution is 5.69. The van der Waals surface area contributed by atoms with E-state index in [1.807, 2.05) is 0 Å². The molecule has 0 amide bonds. The molecule has 3 aliphatic carbocycles. The molecular formula is C47H85NO9. The van der Waals surface area contributed by atoms with Gasteiger partial charge in [0.2, 0.25) is 0 Å². The quantitative estimate of drug-likeness (QED) is 0.0383. The maximum Gasteiger partial charge on any atom is 0.305 e. The minimum atomic E-state index is -0.375. The fourth-order valence-corrected chi connectivity index (χ4v) is 9.70. The lowest BCUT2D eigenvalue weighted by atomic mass is 9.67. The van der Waals surface area contributed by atoms with Crippen LogP contribution in [0.5, 0.6) is 0 Å². The van der Waals surface area contributed by atoms with Crippen molar-refractivity contribution in [3.05, 3.63) is 0 Å². The van der Waals surface area contributed by atoms with Crippen LogP contribution in [0.3, 0.4) is 0 Å². The van der Waals surface area contributed by atoms with E-state index >= 15 is 0 Å². The monoisotopic (exact) mass is 808 g/mol. The average Bonchev–Trinajstić information content (AvgIpc) is 3.69. The summed E-state index contributed by atoms with van der Waals surface area (Å²) in [6.07, 6.45) is 28.9. The van der Waals surface area contributed by atoms with Gasteiger partial charge in [-0.05, 0) is 114 Å². The Morgan fingerprint density at radius 3 is 1.65 bits per heavy atom. The molecule has 5 aliphatic rings. The first-order chi connectivity index (χ1) is 27.9. The lowest BCUT2D eigenvalue weighted by molar-refractivity contribution is -0.160. The number of aliphatic hydroxyl groups is 1. The molecule has 2 heterocycles. The van der Waals surface area contributed by atoms with Crippen molar-refractivity contribution >= 4 is 11.9 Å². The second-order valence-corrected chi connectivity index (χ2v) is 18.0. The van der Waals surface area contributed by atoms with E-state index in [0.717, 1.165) is 71.0 Å². The van der Waals surface area contributed by atoms with Gasteiger partial charge in [-0.2, -0.15) is 0 Å². The summed E-state index contributed by atoms with van der Waals surface area (Å²) in [6.45, 7) is 9.69. The highest BCUT2D eigenvalue weighted by Crippen LogP contribution is 2.48. The summed E-state index contributed by atoms with van der Waals surface area (Å²) in [5.74, 6) is 0.831. The van der Waals surface area contributed by atoms with Gasteiger partial charge in [-0.1, -0.05) is 90.9 Å². The molecule has 5 fully saturated rings. The van der Waals surface area contributed by atoms with E-state index in [1.54, 1.807) is 0 Å². The summed E-state index contributed by atoms with van der Waals surface area (Å²) in [5, 5.41) is 9.25. The van der Waals surface area contributed by atoms with Gasteiger partial charge in [0.15, 0.2) is 12.6 Å². The number of likely N-dealkylation sites (tertiary alicyclic amines) is 1. The molecule has 0 aromatic heterocycles. The van der Waals surface area contributed by atoms with Gasteiger partial charge in [0.05, 0.1) is 38.3 Å². The number of aliphatic hydroxyl groups excluding tert-OH is 1. The number of unbranched alkanes of at least 4 members (excludes halogenated alkanes) is 13. The van der Waals surface area contributed by atoms with E-state index in [9.17, 15) is 14.7 Å². The van der Waals surface area contributed by atoms with E-state index in [1.165, 1.54) is 103 Å². The first-order valence-corrected chi connectivity index (χ1v) is 24.1. The number of ether oxygens (including phenoxy) is 6. The molecule has 332 valence electrons. The highest BCUT2D eigenvalue weighted by Gasteiger charge is 2.50. The molecule has 2 unspecified atom stereocenters. The number of fused-ring (bicyclic) bond motifs is 2. The zero-order valence-electron chi connectivity index (χ0n) is 36.6. The molecule has 0 aromatic carbocycles. The van der Waals surface area contributed by atoms with Crippen molar-refractivity contribution < 1.29 is 43.1 Å². The molecule has 5 rings (SSSR count). The van der Waals surface area contributed by atoms with Crippen molar-refractivity contribution in [2.75, 3.05) is 52.7 Å². The van der Waals surface area contributed by atoms with Crippen molar-refractivity contribution in [3.63, 3.8) is 0 Å². The molecule has 3 saturated carbocycles. The number of rotatable bonds is 34. The Balaban J connectivity index is 1.16. The SMILES string of the molecule is CCCCCCCCCOC(CCC(=O)OCCC1(CCOC(=O)CCC2OC3C4CCC(CC4)C3O2)CCN(CCCCO)CC1)OCCCCCCCCC. The van der Waals surface area contributed by atoms with Crippen LogP contribution in [0.15, 0.2) is 0 Å². The summed E-state index contributed by atoms with van der Waals surface area (Å²) in [4.78, 5) is 28.4. The number of hydrogen-bond donors (Lipinski definition) is 1. The van der Waals surface area contributed by atoms with Gasteiger partial charge in [-0.25, -0.2) is 0 Å². The molecule has 1 N–H and O–H groups in total. The molecule has 2 saturated heterocycles. The Morgan fingerprint density at radius 1 is 0.649 bits per heavy atom. The minimum Gasteiger partial charge on any atom is -0.466 e. The second kappa shape index (κ2) is 29.0. The first-order valence-electron chi connectivity index (χ1n) is 24.1. The Hall–Kier alpha value is -1.30. The van der Waals surface area contributed by atoms with Crippen molar-refractivity contribution in [1.29, 1.82) is 0 Å². The zero-order valence-corrected chi connectivity index (χ0v) is 36.6. The fourth-order valence-electron chi connectivity index (χ4n) is 9.70. The summed E-state index contributed by atoms with van der Waals surface area (Å²) < 4.78 is 36.6. The van der Waals surface area contributed by atoms with Crippen LogP contribution in [0, 0.1) is 17.3 Å². The summed E-state index contributed by atoms with van der Waals surface area (Å²) in [6, 6.07) is 0. The fraction of sp³-hybridized carbons (Fsp3) is 0.957. The Morgan fingerprint density at radius 2 is 1.14 bits per heavy atom. The van der Waals surface area contributed by atoms with Gasteiger partial charge in [0, 0.05) is 32.7 Å². The number of carbonyl (C=O) groups is 2. The second-order valence-electron chi connectivity index (χ2n) is 18.0. The van der Waals surface area contributed by atoms with E-state index in [-0.39, 0.29) is 55.2 Å². The molecule has 2 aliphatic heterocycles. The lowest BCUT2D eigenvalue weighted by Gasteiger charge is -2.43. The van der Waals surface area contributed by atoms with Crippen LogP contribution >= 0.6 is 0 Å². The summed E-state index contributed by atoms with van der Waals surface area (Å²) in [7, 11) is 0. The van der Waals surface area contributed by atoms with E-state index in [2.05, 4.69) is 18.7 Å². The van der Waals surface area contributed by atoms with Crippen molar-refractivity contribution in [2.45, 2.75) is 218 Å². The van der Waals surface area contributed by atoms with Crippen LogP contribution in [0.2, 0.25) is 0 Å². The molecule has 2 atom stereocenters. The topological polar surface area (TPSA) is 113 Å². The molecule has 0 spiro atoms. The maximum absolute atomic E-state index is 13.0. The molecular weight excluding hydrogens is 723 g/mol. The van der Waals surface area contributed by atoms with Crippen LogP contribution < -0.4 is 0 Å². The molecule has 0 radical (unpaired) electrons. The van der Waals surface area contributed by atoms with E-state index < -0.39 is 0 Å². The number of carbonyl (C=O) groups excluding carboxylic acids is 2. The van der Waals surface area contributed by atoms with Gasteiger partial charge >= 0.3 is 11.9 Å². The summed E-state index contributed by atoms with van der Waals surface area (Å²) in [5.41, 5.74) is -0.0531. The lowest BCUT2D eigenvalue weighted by Crippen LogP contribution is -2.45. The largest absolute Gasteiger partial charge is 0.466 e. The molecule has 2 bridgehead atoms. The van der Waals surface area contributed by atoms with Crippen LogP contribution in [-0.4, -0.2) is 99.4 Å². The molecule has 0 aromatic rings. The Kier molecular flexibility index (Phi) is 24.6. The van der Waals surface area contributed by atoms with Gasteiger partial charge in [-0.3, -0.25) is 9.59 Å². The van der Waals surface area contributed by atoms with Gasteiger partial charge in [0.1, 0.15) is 0 Å². The number of hydrogen-bond acceptors (Lipinski definition) is 10. The smallest absolute Gasteiger partial charge is 0.305 e. The molecule has 10 heteroatoms. The minimum absolute atomic E-state index is 0.0531. The van der Waals surface area contributed by atoms with Crippen molar-refractivity contribution in [2.24, 2.45) is 17.3 Å². The summed E-state index contributed by atoms with van der Waals surface area (Å²) >= 11 is 0.